The summed E-state index contributed by atoms with van der Waals surface area (Å²) in [6, 6.07) is 89.1. The van der Waals surface area contributed by atoms with Crippen molar-refractivity contribution in [3.63, 3.8) is 0 Å². The largest absolute Gasteiger partial charge is 0.310 e. The molecule has 0 aliphatic rings. The molecule has 81 heavy (non-hydrogen) atoms. The van der Waals surface area contributed by atoms with Gasteiger partial charge in [-0.15, -0.1) is 0 Å². The minimum atomic E-state index is 1.07. The molecular formula is C78H81N3. The van der Waals surface area contributed by atoms with Crippen LogP contribution in [-0.2, 0) is 25.7 Å². The molecule has 0 saturated carbocycles. The second kappa shape index (κ2) is 27.2. The highest BCUT2D eigenvalue weighted by Gasteiger charge is 2.19. The van der Waals surface area contributed by atoms with Crippen LogP contribution in [0, 0.1) is 13.8 Å². The fourth-order valence-electron chi connectivity index (χ4n) is 11.3. The predicted molar refractivity (Wildman–Crippen MR) is 351 cm³/mol. The van der Waals surface area contributed by atoms with Crippen LogP contribution in [0.2, 0.25) is 0 Å². The molecule has 0 unspecified atom stereocenters. The van der Waals surface area contributed by atoms with Gasteiger partial charge in [0.15, 0.2) is 0 Å². The van der Waals surface area contributed by atoms with E-state index in [2.05, 4.69) is 293 Å². The number of unbranched alkanes of at least 4 members (excludes halogenated alkanes) is 4. The Balaban J connectivity index is 1.06. The first-order valence-corrected chi connectivity index (χ1v) is 30.1. The van der Waals surface area contributed by atoms with Gasteiger partial charge in [0.1, 0.15) is 0 Å². The number of anilines is 9. The summed E-state index contributed by atoms with van der Waals surface area (Å²) in [5.74, 6) is 0. The zero-order valence-electron chi connectivity index (χ0n) is 48.8. The van der Waals surface area contributed by atoms with Crippen LogP contribution in [0.3, 0.4) is 0 Å². The van der Waals surface area contributed by atoms with Crippen molar-refractivity contribution in [1.29, 1.82) is 0 Å². The van der Waals surface area contributed by atoms with Crippen LogP contribution in [-0.4, -0.2) is 0 Å². The van der Waals surface area contributed by atoms with Crippen molar-refractivity contribution in [2.45, 2.75) is 119 Å². The summed E-state index contributed by atoms with van der Waals surface area (Å²) in [5, 5.41) is 0. The molecule has 0 amide bonds. The molecule has 10 aromatic carbocycles. The highest BCUT2D eigenvalue weighted by molar-refractivity contribution is 5.86. The van der Waals surface area contributed by atoms with Crippen molar-refractivity contribution in [1.82, 2.24) is 0 Å². The number of benzene rings is 10. The van der Waals surface area contributed by atoms with Crippen LogP contribution in [0.5, 0.6) is 0 Å². The molecule has 10 aromatic rings. The Hall–Kier alpha value is -8.40. The van der Waals surface area contributed by atoms with Gasteiger partial charge in [0, 0.05) is 51.2 Å². The number of hydrogen-bond acceptors (Lipinski definition) is 3. The van der Waals surface area contributed by atoms with Gasteiger partial charge in [0.25, 0.3) is 0 Å². The third-order valence-electron chi connectivity index (χ3n) is 15.8. The van der Waals surface area contributed by atoms with Gasteiger partial charge in [-0.1, -0.05) is 163 Å². The van der Waals surface area contributed by atoms with Crippen molar-refractivity contribution in [2.24, 2.45) is 0 Å². The van der Waals surface area contributed by atoms with E-state index in [1.165, 1.54) is 141 Å². The first kappa shape index (κ1) is 55.9. The van der Waals surface area contributed by atoms with E-state index in [0.29, 0.717) is 0 Å². The number of rotatable bonds is 24. The van der Waals surface area contributed by atoms with Gasteiger partial charge in [-0.2, -0.15) is 0 Å². The molecule has 0 spiro atoms. The Morgan fingerprint density at radius 3 is 0.691 bits per heavy atom. The minimum absolute atomic E-state index is 1.07. The Morgan fingerprint density at radius 1 is 0.222 bits per heavy atom. The molecule has 408 valence electrons. The quantitative estimate of drug-likeness (QED) is 0.0597. The summed E-state index contributed by atoms with van der Waals surface area (Å²) >= 11 is 0. The van der Waals surface area contributed by atoms with E-state index >= 15 is 0 Å². The molecule has 0 fully saturated rings. The molecule has 0 bridgehead atoms. The van der Waals surface area contributed by atoms with Crippen molar-refractivity contribution >= 4 is 51.2 Å². The predicted octanol–water partition coefficient (Wildman–Crippen LogP) is 23.1. The third kappa shape index (κ3) is 14.0. The van der Waals surface area contributed by atoms with Gasteiger partial charge >= 0.3 is 0 Å². The van der Waals surface area contributed by atoms with Gasteiger partial charge in [-0.05, 0) is 259 Å². The maximum Gasteiger partial charge on any atom is 0.0464 e. The van der Waals surface area contributed by atoms with Gasteiger partial charge in [-0.3, -0.25) is 0 Å². The molecule has 0 heterocycles. The second-order valence-corrected chi connectivity index (χ2v) is 22.2. The Morgan fingerprint density at radius 2 is 0.457 bits per heavy atom. The van der Waals surface area contributed by atoms with Crippen LogP contribution in [0.1, 0.15) is 112 Å². The summed E-state index contributed by atoms with van der Waals surface area (Å²) in [7, 11) is 0. The lowest BCUT2D eigenvalue weighted by atomic mass is 9.93. The number of aryl methyl sites for hydroxylation is 6. The lowest BCUT2D eigenvalue weighted by molar-refractivity contribution is 0.794. The monoisotopic (exact) mass is 1060 g/mol. The lowest BCUT2D eigenvalue weighted by Gasteiger charge is -2.27. The number of hydrogen-bond donors (Lipinski definition) is 0. The minimum Gasteiger partial charge on any atom is -0.310 e. The summed E-state index contributed by atoms with van der Waals surface area (Å²) in [4.78, 5) is 7.26. The number of nitrogens with zero attached hydrogens (tertiary/aromatic N) is 3. The zero-order valence-corrected chi connectivity index (χ0v) is 48.8. The topological polar surface area (TPSA) is 9.72 Å². The van der Waals surface area contributed by atoms with Crippen molar-refractivity contribution in [2.75, 3.05) is 14.7 Å². The van der Waals surface area contributed by atoms with Crippen molar-refractivity contribution < 1.29 is 0 Å². The molecule has 0 aromatic heterocycles. The molecule has 3 heteroatoms. The first-order chi connectivity index (χ1) is 39.8. The van der Waals surface area contributed by atoms with E-state index in [4.69, 9.17) is 0 Å². The fourth-order valence-corrected chi connectivity index (χ4v) is 11.3. The Labute approximate surface area is 485 Å². The van der Waals surface area contributed by atoms with Crippen LogP contribution in [0.25, 0.3) is 33.4 Å². The maximum atomic E-state index is 2.45. The van der Waals surface area contributed by atoms with Crippen LogP contribution in [0.4, 0.5) is 51.2 Å². The van der Waals surface area contributed by atoms with Crippen LogP contribution in [0.15, 0.2) is 237 Å². The van der Waals surface area contributed by atoms with Gasteiger partial charge in [0.2, 0.25) is 0 Å². The smallest absolute Gasteiger partial charge is 0.0464 e. The highest BCUT2D eigenvalue weighted by atomic mass is 15.2. The molecule has 0 N–H and O–H groups in total. The maximum absolute atomic E-state index is 2.45. The Kier molecular flexibility index (Phi) is 18.8. The van der Waals surface area contributed by atoms with Crippen molar-refractivity contribution in [3.05, 3.63) is 270 Å². The third-order valence-corrected chi connectivity index (χ3v) is 15.8. The highest BCUT2D eigenvalue weighted by Crippen LogP contribution is 2.42. The van der Waals surface area contributed by atoms with Gasteiger partial charge < -0.3 is 14.7 Å². The van der Waals surface area contributed by atoms with Gasteiger partial charge in [0.05, 0.1) is 0 Å². The summed E-state index contributed by atoms with van der Waals surface area (Å²) in [6.07, 6.45) is 13.7. The summed E-state index contributed by atoms with van der Waals surface area (Å²) in [6.45, 7) is 13.4. The Bertz CT molecular complexity index is 3410. The van der Waals surface area contributed by atoms with E-state index in [-0.39, 0.29) is 0 Å². The normalized spacial score (nSPS) is 11.2. The molecule has 3 nitrogen and oxygen atoms in total. The van der Waals surface area contributed by atoms with E-state index < -0.39 is 0 Å². The molecule has 0 aliphatic heterocycles. The molecule has 0 radical (unpaired) electrons. The van der Waals surface area contributed by atoms with Crippen LogP contribution < -0.4 is 14.7 Å². The molecule has 0 aliphatic carbocycles. The van der Waals surface area contributed by atoms with E-state index in [0.717, 1.165) is 54.1 Å². The first-order valence-electron chi connectivity index (χ1n) is 30.1. The average molecular weight is 1060 g/mol. The van der Waals surface area contributed by atoms with E-state index in [1.54, 1.807) is 0 Å². The molecule has 10 rings (SSSR count). The second-order valence-electron chi connectivity index (χ2n) is 22.2. The van der Waals surface area contributed by atoms with E-state index in [9.17, 15) is 0 Å². The van der Waals surface area contributed by atoms with Gasteiger partial charge in [-0.25, -0.2) is 0 Å². The van der Waals surface area contributed by atoms with Crippen LogP contribution >= 0.6 is 0 Å². The van der Waals surface area contributed by atoms with Crippen molar-refractivity contribution in [3.8, 4) is 33.4 Å². The summed E-state index contributed by atoms with van der Waals surface area (Å²) < 4.78 is 0. The standard InChI is InChI=1S/C78H81N3/c1-7-11-23-60-27-17-33-75(51-60)79(73-31-15-21-58(5)49-73)70-43-37-64(38-44-70)67-55-68(65-39-45-71(46-40-65)80(74-32-16-22-59(6)50-74)76-34-18-28-61(52-76)24-12-8-2)57-69(56-67)66-41-47-72(48-42-66)81(77-35-19-29-62(53-77)25-13-9-3)78-36-20-30-63(54-78)26-14-10-4/h15-22,27-57H,7-14,23-26H2,1-6H3. The average Bonchev–Trinajstić information content (AvgIpc) is 3.51. The van der Waals surface area contributed by atoms with E-state index in [1.807, 2.05) is 0 Å². The molecule has 0 saturated heterocycles. The zero-order chi connectivity index (χ0) is 55.9. The molecular weight excluding hydrogens is 979 g/mol. The molecule has 0 atom stereocenters. The summed E-state index contributed by atoms with van der Waals surface area (Å²) in [5.41, 5.74) is 25.4. The fraction of sp³-hybridized carbons (Fsp3) is 0.231. The lowest BCUT2D eigenvalue weighted by Crippen LogP contribution is -2.10. The SMILES string of the molecule is CCCCc1cccc(N(c2ccc(-c3cc(-c4ccc(N(c5cccc(C)c5)c5cccc(CCCC)c5)cc4)cc(-c4ccc(N(c5cccc(CCCC)c5)c5cccc(CCCC)c5)cc4)c3)cc2)c2cccc(C)c2)c1.